The van der Waals surface area contributed by atoms with Crippen molar-refractivity contribution in [3.63, 3.8) is 0 Å². The molecule has 0 saturated heterocycles. The molecule has 0 bridgehead atoms. The minimum Gasteiger partial charge on any atom is -0.320 e. The lowest BCUT2D eigenvalue weighted by Gasteiger charge is -2.45. The van der Waals surface area contributed by atoms with Crippen LogP contribution in [-0.4, -0.2) is 0 Å². The molecule has 3 atom stereocenters. The summed E-state index contributed by atoms with van der Waals surface area (Å²) in [5.41, 5.74) is 6.62. The van der Waals surface area contributed by atoms with Gasteiger partial charge in [0.05, 0.1) is 9.88 Å². The molecular formula is C14H22ClNS. The second-order valence-corrected chi connectivity index (χ2v) is 7.60. The van der Waals surface area contributed by atoms with E-state index < -0.39 is 0 Å². The topological polar surface area (TPSA) is 26.0 Å². The fourth-order valence-corrected chi connectivity index (χ4v) is 4.55. The average molecular weight is 272 g/mol. The molecule has 2 rings (SSSR count). The van der Waals surface area contributed by atoms with Crippen LogP contribution in [0.5, 0.6) is 0 Å². The molecule has 0 spiro atoms. The van der Waals surface area contributed by atoms with Gasteiger partial charge < -0.3 is 5.73 Å². The van der Waals surface area contributed by atoms with Gasteiger partial charge in [-0.05, 0) is 42.7 Å². The van der Waals surface area contributed by atoms with Crippen molar-refractivity contribution in [2.75, 3.05) is 0 Å². The minimum absolute atomic E-state index is 0.163. The third-order valence-electron chi connectivity index (χ3n) is 4.16. The van der Waals surface area contributed by atoms with Crippen LogP contribution < -0.4 is 5.73 Å². The molecular weight excluding hydrogens is 250 g/mol. The molecule has 1 aromatic heterocycles. The maximum atomic E-state index is 6.78. The van der Waals surface area contributed by atoms with E-state index in [1.165, 1.54) is 17.7 Å². The van der Waals surface area contributed by atoms with E-state index in [0.717, 1.165) is 16.7 Å². The van der Waals surface area contributed by atoms with Crippen LogP contribution in [0.1, 0.15) is 44.9 Å². The summed E-state index contributed by atoms with van der Waals surface area (Å²) in [5, 5.41) is 0. The molecule has 1 fully saturated rings. The van der Waals surface area contributed by atoms with Crippen LogP contribution >= 0.6 is 22.9 Å². The molecule has 1 aromatic rings. The van der Waals surface area contributed by atoms with E-state index in [1.807, 2.05) is 6.07 Å². The normalized spacial score (nSPS) is 34.2. The number of hydrogen-bond donors (Lipinski definition) is 1. The fraction of sp³-hybridized carbons (Fsp3) is 0.714. The molecule has 2 N–H and O–H groups in total. The third-order valence-corrected chi connectivity index (χ3v) is 5.58. The lowest BCUT2D eigenvalue weighted by molar-refractivity contribution is 0.111. The highest BCUT2D eigenvalue weighted by Crippen LogP contribution is 2.47. The Morgan fingerprint density at radius 2 is 2.12 bits per heavy atom. The van der Waals surface area contributed by atoms with E-state index in [4.69, 9.17) is 17.3 Å². The number of halogens is 1. The summed E-state index contributed by atoms with van der Waals surface area (Å²) in [6, 6.07) is 4.10. The van der Waals surface area contributed by atoms with Gasteiger partial charge in [0.25, 0.3) is 0 Å². The van der Waals surface area contributed by atoms with Gasteiger partial charge in [0.2, 0.25) is 0 Å². The van der Waals surface area contributed by atoms with Gasteiger partial charge in [-0.3, -0.25) is 0 Å². The molecule has 3 heteroatoms. The largest absolute Gasteiger partial charge is 0.320 e. The van der Waals surface area contributed by atoms with Crippen molar-refractivity contribution >= 4 is 22.9 Å². The van der Waals surface area contributed by atoms with Crippen LogP contribution in [0.4, 0.5) is 0 Å². The summed E-state index contributed by atoms with van der Waals surface area (Å²) in [6.07, 6.45) is 3.64. The first-order chi connectivity index (χ1) is 7.93. The maximum Gasteiger partial charge on any atom is 0.0931 e. The molecule has 1 aliphatic carbocycles. The van der Waals surface area contributed by atoms with Crippen LogP contribution in [0.3, 0.4) is 0 Å². The first-order valence-corrected chi connectivity index (χ1v) is 7.67. The first-order valence-electron chi connectivity index (χ1n) is 6.48. The van der Waals surface area contributed by atoms with Crippen molar-refractivity contribution in [3.8, 4) is 0 Å². The SMILES string of the molecule is CC1CCC(C(C)C)C(N)(c2ccc(Cl)s2)C1. The van der Waals surface area contributed by atoms with Crippen molar-refractivity contribution < 1.29 is 0 Å². The molecule has 96 valence electrons. The lowest BCUT2D eigenvalue weighted by Crippen LogP contribution is -2.49. The van der Waals surface area contributed by atoms with Gasteiger partial charge >= 0.3 is 0 Å². The molecule has 1 aliphatic rings. The van der Waals surface area contributed by atoms with Gasteiger partial charge in [-0.25, -0.2) is 0 Å². The van der Waals surface area contributed by atoms with Crippen molar-refractivity contribution in [3.05, 3.63) is 21.3 Å². The lowest BCUT2D eigenvalue weighted by atomic mass is 9.65. The maximum absolute atomic E-state index is 6.78. The monoisotopic (exact) mass is 271 g/mol. The fourth-order valence-electron chi connectivity index (χ4n) is 3.33. The smallest absolute Gasteiger partial charge is 0.0931 e. The highest BCUT2D eigenvalue weighted by atomic mass is 35.5. The van der Waals surface area contributed by atoms with Gasteiger partial charge in [0.1, 0.15) is 0 Å². The Kier molecular flexibility index (Phi) is 3.86. The Hall–Kier alpha value is -0.0500. The van der Waals surface area contributed by atoms with Crippen molar-refractivity contribution in [1.82, 2.24) is 0 Å². The highest BCUT2D eigenvalue weighted by molar-refractivity contribution is 7.16. The van der Waals surface area contributed by atoms with Gasteiger partial charge in [-0.1, -0.05) is 38.8 Å². The van der Waals surface area contributed by atoms with Crippen molar-refractivity contribution in [2.45, 2.75) is 45.6 Å². The van der Waals surface area contributed by atoms with Gasteiger partial charge in [0.15, 0.2) is 0 Å². The van der Waals surface area contributed by atoms with Gasteiger partial charge in [0, 0.05) is 4.88 Å². The molecule has 17 heavy (non-hydrogen) atoms. The second-order valence-electron chi connectivity index (χ2n) is 5.88. The van der Waals surface area contributed by atoms with Crippen LogP contribution in [-0.2, 0) is 5.54 Å². The second kappa shape index (κ2) is 4.91. The van der Waals surface area contributed by atoms with E-state index in [2.05, 4.69) is 26.8 Å². The molecule has 3 unspecified atom stereocenters. The molecule has 1 saturated carbocycles. The van der Waals surface area contributed by atoms with Crippen LogP contribution in [0.25, 0.3) is 0 Å². The predicted octanol–water partition coefficient (Wildman–Crippen LogP) is 4.65. The Morgan fingerprint density at radius 1 is 1.41 bits per heavy atom. The average Bonchev–Trinajstić information content (AvgIpc) is 2.64. The van der Waals surface area contributed by atoms with Crippen LogP contribution in [0.15, 0.2) is 12.1 Å². The molecule has 1 heterocycles. The Morgan fingerprint density at radius 3 is 2.65 bits per heavy atom. The zero-order valence-corrected chi connectivity index (χ0v) is 12.4. The first kappa shape index (κ1) is 13.4. The predicted molar refractivity (Wildman–Crippen MR) is 76.5 cm³/mol. The third kappa shape index (κ3) is 2.54. The van der Waals surface area contributed by atoms with E-state index in [1.54, 1.807) is 11.3 Å². The Labute approximate surface area is 113 Å². The summed E-state index contributed by atoms with van der Waals surface area (Å²) < 4.78 is 0.852. The van der Waals surface area contributed by atoms with Crippen LogP contribution in [0.2, 0.25) is 4.34 Å². The Balaban J connectivity index is 2.35. The zero-order chi connectivity index (χ0) is 12.6. The molecule has 0 amide bonds. The number of thiophene rings is 1. The standard InChI is InChI=1S/C14H22ClNS/c1-9(2)11-5-4-10(3)8-14(11,16)12-6-7-13(15)17-12/h6-7,9-11H,4-5,8,16H2,1-3H3. The number of rotatable bonds is 2. The van der Waals surface area contributed by atoms with E-state index in [-0.39, 0.29) is 5.54 Å². The van der Waals surface area contributed by atoms with Crippen molar-refractivity contribution in [2.24, 2.45) is 23.5 Å². The Bertz CT molecular complexity index is 387. The zero-order valence-electron chi connectivity index (χ0n) is 10.9. The summed E-state index contributed by atoms with van der Waals surface area (Å²) in [6.45, 7) is 6.89. The molecule has 0 aliphatic heterocycles. The summed E-state index contributed by atoms with van der Waals surface area (Å²) >= 11 is 7.72. The summed E-state index contributed by atoms with van der Waals surface area (Å²) in [4.78, 5) is 1.27. The van der Waals surface area contributed by atoms with Crippen molar-refractivity contribution in [1.29, 1.82) is 0 Å². The number of nitrogens with two attached hydrogens (primary N) is 1. The number of hydrogen-bond acceptors (Lipinski definition) is 2. The van der Waals surface area contributed by atoms with E-state index >= 15 is 0 Å². The molecule has 0 radical (unpaired) electrons. The molecule has 0 aromatic carbocycles. The minimum atomic E-state index is -0.163. The summed E-state index contributed by atoms with van der Waals surface area (Å²) in [5.74, 6) is 1.93. The van der Waals surface area contributed by atoms with Gasteiger partial charge in [-0.2, -0.15) is 0 Å². The quantitative estimate of drug-likeness (QED) is 0.833. The summed E-state index contributed by atoms with van der Waals surface area (Å²) in [7, 11) is 0. The van der Waals surface area contributed by atoms with Gasteiger partial charge in [-0.15, -0.1) is 11.3 Å². The van der Waals surface area contributed by atoms with E-state index in [0.29, 0.717) is 11.8 Å². The highest BCUT2D eigenvalue weighted by Gasteiger charge is 2.43. The molecule has 1 nitrogen and oxygen atoms in total. The van der Waals surface area contributed by atoms with E-state index in [9.17, 15) is 0 Å². The van der Waals surface area contributed by atoms with Crippen LogP contribution in [0, 0.1) is 17.8 Å².